The van der Waals surface area contributed by atoms with Crippen molar-refractivity contribution in [1.29, 1.82) is 0 Å². The first kappa shape index (κ1) is 22.0. The van der Waals surface area contributed by atoms with Crippen LogP contribution in [-0.4, -0.2) is 29.6 Å². The van der Waals surface area contributed by atoms with E-state index in [0.717, 1.165) is 54.7 Å². The van der Waals surface area contributed by atoms with E-state index in [0.29, 0.717) is 10.9 Å². The van der Waals surface area contributed by atoms with E-state index < -0.39 is 0 Å². The molecule has 2 aromatic heterocycles. The molecule has 0 radical (unpaired) electrons. The van der Waals surface area contributed by atoms with Crippen molar-refractivity contribution in [1.82, 2.24) is 15.3 Å². The number of rotatable bonds is 6. The standard InChI is InChI=1S/C23H31ClN4.CH4/c24-21-16-26-19(12-18-8-5-11-25-14-18)13-20(21)22-9-4-10-23(28-22)27-15-17-6-2-1-3-7-17;/h4,9-10,13,16-18,25H,1-3,5-8,11-12,14-15H2,(H,27,28);1H4/t18-;/m0./s1. The number of pyridine rings is 2. The summed E-state index contributed by atoms with van der Waals surface area (Å²) >= 11 is 6.49. The molecule has 4 nitrogen and oxygen atoms in total. The molecule has 4 rings (SSSR count). The predicted molar refractivity (Wildman–Crippen MR) is 124 cm³/mol. The lowest BCUT2D eigenvalue weighted by Gasteiger charge is -2.22. The van der Waals surface area contributed by atoms with Crippen LogP contribution >= 0.6 is 11.6 Å². The third kappa shape index (κ3) is 6.16. The molecule has 0 amide bonds. The van der Waals surface area contributed by atoms with Crippen molar-refractivity contribution >= 4 is 17.4 Å². The summed E-state index contributed by atoms with van der Waals surface area (Å²) < 4.78 is 0. The van der Waals surface area contributed by atoms with Crippen LogP contribution in [0.4, 0.5) is 5.82 Å². The van der Waals surface area contributed by atoms with Gasteiger partial charge < -0.3 is 10.6 Å². The molecular formula is C24H35ClN4. The maximum Gasteiger partial charge on any atom is 0.126 e. The first-order valence-corrected chi connectivity index (χ1v) is 11.2. The highest BCUT2D eigenvalue weighted by molar-refractivity contribution is 6.33. The molecule has 2 aliphatic rings. The molecule has 1 saturated carbocycles. The van der Waals surface area contributed by atoms with Crippen LogP contribution in [-0.2, 0) is 6.42 Å². The van der Waals surface area contributed by atoms with Crippen molar-refractivity contribution in [3.63, 3.8) is 0 Å². The van der Waals surface area contributed by atoms with Gasteiger partial charge in [-0.2, -0.15) is 0 Å². The molecule has 3 heterocycles. The van der Waals surface area contributed by atoms with Crippen molar-refractivity contribution in [3.8, 4) is 11.3 Å². The summed E-state index contributed by atoms with van der Waals surface area (Å²) in [6.07, 6.45) is 12.1. The van der Waals surface area contributed by atoms with E-state index in [2.05, 4.69) is 33.8 Å². The lowest BCUT2D eigenvalue weighted by atomic mass is 9.89. The van der Waals surface area contributed by atoms with Crippen molar-refractivity contribution < 1.29 is 0 Å². The van der Waals surface area contributed by atoms with E-state index in [1.807, 2.05) is 6.07 Å². The highest BCUT2D eigenvalue weighted by Crippen LogP contribution is 2.29. The van der Waals surface area contributed by atoms with Crippen LogP contribution < -0.4 is 10.6 Å². The Kier molecular flexibility index (Phi) is 8.31. The molecule has 1 aliphatic carbocycles. The molecular weight excluding hydrogens is 380 g/mol. The molecule has 2 aromatic rings. The number of hydrogen-bond donors (Lipinski definition) is 2. The molecule has 2 N–H and O–H groups in total. The van der Waals surface area contributed by atoms with Gasteiger partial charge in [0.1, 0.15) is 5.82 Å². The number of nitrogens with zero attached hydrogens (tertiary/aromatic N) is 2. The Hall–Kier alpha value is -1.65. The topological polar surface area (TPSA) is 49.8 Å². The van der Waals surface area contributed by atoms with Gasteiger partial charge >= 0.3 is 0 Å². The second kappa shape index (κ2) is 10.9. The lowest BCUT2D eigenvalue weighted by molar-refractivity contribution is 0.373. The summed E-state index contributed by atoms with van der Waals surface area (Å²) in [6.45, 7) is 3.24. The first-order chi connectivity index (χ1) is 13.8. The van der Waals surface area contributed by atoms with Gasteiger partial charge in [0.2, 0.25) is 0 Å². The van der Waals surface area contributed by atoms with E-state index in [4.69, 9.17) is 16.6 Å². The van der Waals surface area contributed by atoms with E-state index in [9.17, 15) is 0 Å². The number of anilines is 1. The summed E-state index contributed by atoms with van der Waals surface area (Å²) in [5.41, 5.74) is 3.01. The fourth-order valence-corrected chi connectivity index (χ4v) is 4.71. The van der Waals surface area contributed by atoms with Gasteiger partial charge in [-0.05, 0) is 75.2 Å². The van der Waals surface area contributed by atoms with Crippen LogP contribution in [0, 0.1) is 11.8 Å². The minimum atomic E-state index is 0. The molecule has 2 fully saturated rings. The first-order valence-electron chi connectivity index (χ1n) is 10.8. The Morgan fingerprint density at radius 3 is 2.69 bits per heavy atom. The van der Waals surface area contributed by atoms with Crippen LogP contribution in [0.2, 0.25) is 5.02 Å². The van der Waals surface area contributed by atoms with Crippen LogP contribution in [0.3, 0.4) is 0 Å². The highest BCUT2D eigenvalue weighted by Gasteiger charge is 2.16. The van der Waals surface area contributed by atoms with Gasteiger partial charge in [-0.15, -0.1) is 0 Å². The maximum atomic E-state index is 6.49. The number of nitrogens with one attached hydrogen (secondary N) is 2. The number of aromatic nitrogens is 2. The van der Waals surface area contributed by atoms with E-state index >= 15 is 0 Å². The summed E-state index contributed by atoms with van der Waals surface area (Å²) in [4.78, 5) is 9.42. The molecule has 1 aliphatic heterocycles. The minimum absolute atomic E-state index is 0. The summed E-state index contributed by atoms with van der Waals surface area (Å²) in [7, 11) is 0. The fourth-order valence-electron chi connectivity index (χ4n) is 4.51. The van der Waals surface area contributed by atoms with Crippen LogP contribution in [0.25, 0.3) is 11.3 Å². The smallest absolute Gasteiger partial charge is 0.126 e. The minimum Gasteiger partial charge on any atom is -0.370 e. The predicted octanol–water partition coefficient (Wildman–Crippen LogP) is 5.97. The third-order valence-electron chi connectivity index (χ3n) is 6.13. The molecule has 29 heavy (non-hydrogen) atoms. The fraction of sp³-hybridized carbons (Fsp3) is 0.583. The number of halogens is 1. The molecule has 0 unspecified atom stereocenters. The van der Waals surface area contributed by atoms with Crippen LogP contribution in [0.1, 0.15) is 58.1 Å². The van der Waals surface area contributed by atoms with Crippen molar-refractivity contribution in [2.24, 2.45) is 11.8 Å². The molecule has 5 heteroatoms. The van der Waals surface area contributed by atoms with Gasteiger partial charge in [0, 0.05) is 24.0 Å². The molecule has 0 spiro atoms. The monoisotopic (exact) mass is 414 g/mol. The molecule has 0 aromatic carbocycles. The van der Waals surface area contributed by atoms with Crippen molar-refractivity contribution in [2.75, 3.05) is 25.0 Å². The zero-order chi connectivity index (χ0) is 19.2. The van der Waals surface area contributed by atoms with Crippen LogP contribution in [0.5, 0.6) is 0 Å². The van der Waals surface area contributed by atoms with E-state index in [1.54, 1.807) is 6.20 Å². The molecule has 158 valence electrons. The summed E-state index contributed by atoms with van der Waals surface area (Å²) in [5.74, 6) is 2.38. The van der Waals surface area contributed by atoms with Crippen molar-refractivity contribution in [3.05, 3.63) is 41.2 Å². The second-order valence-electron chi connectivity index (χ2n) is 8.36. The van der Waals surface area contributed by atoms with Gasteiger partial charge in [0.25, 0.3) is 0 Å². The Morgan fingerprint density at radius 1 is 1.07 bits per heavy atom. The summed E-state index contributed by atoms with van der Waals surface area (Å²) in [5, 5.41) is 7.70. The quantitative estimate of drug-likeness (QED) is 0.611. The molecule has 0 bridgehead atoms. The largest absolute Gasteiger partial charge is 0.370 e. The van der Waals surface area contributed by atoms with E-state index in [-0.39, 0.29) is 7.43 Å². The summed E-state index contributed by atoms with van der Waals surface area (Å²) in [6, 6.07) is 8.28. The van der Waals surface area contributed by atoms with Gasteiger partial charge in [-0.25, -0.2) is 4.98 Å². The van der Waals surface area contributed by atoms with Crippen molar-refractivity contribution in [2.45, 2.75) is 58.8 Å². The zero-order valence-electron chi connectivity index (χ0n) is 16.6. The van der Waals surface area contributed by atoms with Gasteiger partial charge in [0.15, 0.2) is 0 Å². The molecule has 1 saturated heterocycles. The molecule has 1 atom stereocenters. The average molecular weight is 415 g/mol. The van der Waals surface area contributed by atoms with Crippen LogP contribution in [0.15, 0.2) is 30.5 Å². The lowest BCUT2D eigenvalue weighted by Crippen LogP contribution is -2.31. The number of hydrogen-bond acceptors (Lipinski definition) is 4. The Balaban J connectivity index is 0.00000240. The second-order valence-corrected chi connectivity index (χ2v) is 8.77. The average Bonchev–Trinajstić information content (AvgIpc) is 2.75. The Bertz CT molecular complexity index is 767. The maximum absolute atomic E-state index is 6.49. The van der Waals surface area contributed by atoms with Gasteiger partial charge in [0.05, 0.1) is 10.7 Å². The Labute approximate surface area is 180 Å². The highest BCUT2D eigenvalue weighted by atomic mass is 35.5. The zero-order valence-corrected chi connectivity index (χ0v) is 17.3. The third-order valence-corrected chi connectivity index (χ3v) is 6.43. The van der Waals surface area contributed by atoms with Gasteiger partial charge in [-0.1, -0.05) is 44.4 Å². The number of piperidine rings is 1. The Morgan fingerprint density at radius 2 is 1.90 bits per heavy atom. The van der Waals surface area contributed by atoms with E-state index in [1.165, 1.54) is 44.9 Å². The van der Waals surface area contributed by atoms with Gasteiger partial charge in [-0.3, -0.25) is 4.98 Å². The SMILES string of the molecule is C.Clc1cnc(C[C@@H]2CCCNC2)cc1-c1cccc(NCC2CCCCC2)n1. The normalized spacial score (nSPS) is 20.1.